The zero-order valence-corrected chi connectivity index (χ0v) is 38.2. The van der Waals surface area contributed by atoms with Gasteiger partial charge in [0.25, 0.3) is 0 Å². The summed E-state index contributed by atoms with van der Waals surface area (Å²) in [6.45, 7) is 4.27. The Balaban J connectivity index is 2.37. The van der Waals surface area contributed by atoms with Gasteiger partial charge in [0.15, 0.2) is 0 Å². The van der Waals surface area contributed by atoms with E-state index in [0.29, 0.717) is 13.0 Å². The summed E-state index contributed by atoms with van der Waals surface area (Å²) in [5.41, 5.74) is 0. The van der Waals surface area contributed by atoms with Crippen LogP contribution in [0.3, 0.4) is 0 Å². The number of phosphoric ester groups is 1. The number of carbonyl (C=O) groups excluding carboxylic acids is 1. The molecule has 350 valence electrons. The Labute approximate surface area is 358 Å². The molecule has 0 heterocycles. The van der Waals surface area contributed by atoms with Crippen molar-refractivity contribution in [1.82, 2.24) is 0 Å². The van der Waals surface area contributed by atoms with Crippen LogP contribution in [-0.4, -0.2) is 98.9 Å². The summed E-state index contributed by atoms with van der Waals surface area (Å²) in [5, 5.41) is 50.2. The van der Waals surface area contributed by atoms with Crippen molar-refractivity contribution < 1.29 is 58.3 Å². The first-order valence-electron chi connectivity index (χ1n) is 24.0. The van der Waals surface area contributed by atoms with Crippen LogP contribution in [0.15, 0.2) is 12.2 Å². The molecule has 0 saturated heterocycles. The highest BCUT2D eigenvalue weighted by Gasteiger charge is 2.51. The van der Waals surface area contributed by atoms with Crippen LogP contribution in [-0.2, 0) is 27.9 Å². The van der Waals surface area contributed by atoms with Crippen molar-refractivity contribution >= 4 is 13.8 Å². The first-order valence-corrected chi connectivity index (χ1v) is 25.5. The van der Waals surface area contributed by atoms with E-state index in [1.807, 2.05) is 0 Å². The second kappa shape index (κ2) is 37.6. The summed E-state index contributed by atoms with van der Waals surface area (Å²) in [5.74, 6) is -0.475. The average molecular weight is 865 g/mol. The van der Waals surface area contributed by atoms with Crippen LogP contribution in [0, 0.1) is 0 Å². The Kier molecular flexibility index (Phi) is 35.8. The van der Waals surface area contributed by atoms with Crippen LogP contribution >= 0.6 is 7.82 Å². The quantitative estimate of drug-likeness (QED) is 0.0148. The van der Waals surface area contributed by atoms with Gasteiger partial charge in [0, 0.05) is 13.0 Å². The fraction of sp³-hybridized carbons (Fsp3) is 0.935. The Morgan fingerprint density at radius 2 is 0.898 bits per heavy atom. The molecule has 1 fully saturated rings. The minimum atomic E-state index is -5.01. The molecule has 12 nitrogen and oxygen atoms in total. The van der Waals surface area contributed by atoms with Gasteiger partial charge in [-0.2, -0.15) is 0 Å². The average Bonchev–Trinajstić information content (AvgIpc) is 3.22. The van der Waals surface area contributed by atoms with E-state index in [4.69, 9.17) is 18.5 Å². The Bertz CT molecular complexity index is 1030. The smallest absolute Gasteiger partial charge is 0.457 e. The summed E-state index contributed by atoms with van der Waals surface area (Å²) >= 11 is 0. The zero-order chi connectivity index (χ0) is 43.4. The lowest BCUT2D eigenvalue weighted by atomic mass is 9.85. The highest BCUT2D eigenvalue weighted by molar-refractivity contribution is 7.47. The van der Waals surface area contributed by atoms with Crippen LogP contribution < -0.4 is 0 Å². The number of hydrogen-bond acceptors (Lipinski definition) is 11. The van der Waals surface area contributed by atoms with E-state index in [-0.39, 0.29) is 13.0 Å². The maximum atomic E-state index is 12.8. The maximum absolute atomic E-state index is 12.8. The fourth-order valence-electron chi connectivity index (χ4n) is 7.53. The topological polar surface area (TPSA) is 192 Å². The highest BCUT2D eigenvalue weighted by Crippen LogP contribution is 2.47. The van der Waals surface area contributed by atoms with E-state index in [9.17, 15) is 39.8 Å². The van der Waals surface area contributed by atoms with Crippen molar-refractivity contribution in [2.45, 2.75) is 256 Å². The number of carbonyl (C=O) groups is 1. The number of unbranched alkanes of at least 4 members (excludes halogenated alkanes) is 27. The molecule has 1 aliphatic rings. The maximum Gasteiger partial charge on any atom is 0.472 e. The van der Waals surface area contributed by atoms with Gasteiger partial charge < -0.3 is 39.9 Å². The predicted molar refractivity (Wildman–Crippen MR) is 235 cm³/mol. The number of aliphatic hydroxyl groups is 5. The molecule has 0 aromatic heterocycles. The normalized spacial score (nSPS) is 22.5. The molecule has 6 N–H and O–H groups in total. The van der Waals surface area contributed by atoms with Crippen molar-refractivity contribution in [2.24, 2.45) is 0 Å². The molecule has 0 bridgehead atoms. The van der Waals surface area contributed by atoms with Gasteiger partial charge in [-0.25, -0.2) is 4.57 Å². The molecular weight excluding hydrogens is 775 g/mol. The number of hydrogen-bond donors (Lipinski definition) is 6. The number of ether oxygens (including phenoxy) is 2. The molecule has 13 heteroatoms. The third-order valence-electron chi connectivity index (χ3n) is 11.4. The second-order valence-corrected chi connectivity index (χ2v) is 18.4. The molecule has 0 radical (unpaired) electrons. The van der Waals surface area contributed by atoms with E-state index in [2.05, 4.69) is 26.0 Å². The number of phosphoric acid groups is 1. The molecule has 1 saturated carbocycles. The van der Waals surface area contributed by atoms with Crippen molar-refractivity contribution in [3.63, 3.8) is 0 Å². The number of esters is 1. The van der Waals surface area contributed by atoms with Crippen LogP contribution in [0.2, 0.25) is 0 Å². The number of allylic oxidation sites excluding steroid dienone is 2. The van der Waals surface area contributed by atoms with Gasteiger partial charge in [-0.15, -0.1) is 0 Å². The molecule has 1 aliphatic carbocycles. The van der Waals surface area contributed by atoms with Gasteiger partial charge in [-0.1, -0.05) is 180 Å². The number of aliphatic hydroxyl groups excluding tert-OH is 5. The van der Waals surface area contributed by atoms with Crippen LogP contribution in [0.1, 0.15) is 213 Å². The van der Waals surface area contributed by atoms with Crippen LogP contribution in [0.4, 0.5) is 0 Å². The minimum absolute atomic E-state index is 0.0753. The van der Waals surface area contributed by atoms with E-state index in [1.54, 1.807) is 0 Å². The van der Waals surface area contributed by atoms with E-state index >= 15 is 0 Å². The third kappa shape index (κ3) is 29.9. The van der Waals surface area contributed by atoms with Gasteiger partial charge in [0.05, 0.1) is 13.2 Å². The van der Waals surface area contributed by atoms with Crippen molar-refractivity contribution in [3.05, 3.63) is 12.2 Å². The molecule has 6 atom stereocenters. The van der Waals surface area contributed by atoms with Gasteiger partial charge in [-0.3, -0.25) is 13.8 Å². The van der Waals surface area contributed by atoms with Gasteiger partial charge in [0.2, 0.25) is 0 Å². The summed E-state index contributed by atoms with van der Waals surface area (Å²) in [7, 11) is -5.01. The molecule has 6 unspecified atom stereocenters. The van der Waals surface area contributed by atoms with Gasteiger partial charge in [-0.05, 0) is 38.5 Å². The standard InChI is InChI=1S/C46H89O12P/c1-3-5-7-9-11-13-15-17-19-21-23-25-27-29-31-33-35-40(47)57-39(38-56-59(53,54)58-46-44(51)42(49)41(48)43(50)45(46)52)37-55-36-34-32-30-28-26-24-22-20-18-16-14-12-10-8-6-4-2/h18,20,39,41-46,48-52H,3-17,19,21-38H2,1-2H3,(H,53,54)/b20-18-. The van der Waals surface area contributed by atoms with Crippen LogP contribution in [0.5, 0.6) is 0 Å². The highest BCUT2D eigenvalue weighted by atomic mass is 31.2. The largest absolute Gasteiger partial charge is 0.472 e. The van der Waals surface area contributed by atoms with E-state index in [0.717, 1.165) is 51.4 Å². The van der Waals surface area contributed by atoms with Gasteiger partial charge >= 0.3 is 13.8 Å². The molecule has 0 amide bonds. The summed E-state index contributed by atoms with van der Waals surface area (Å²) < 4.78 is 34.2. The monoisotopic (exact) mass is 865 g/mol. The fourth-order valence-corrected chi connectivity index (χ4v) is 8.50. The van der Waals surface area contributed by atoms with Crippen molar-refractivity contribution in [1.29, 1.82) is 0 Å². The van der Waals surface area contributed by atoms with Gasteiger partial charge in [0.1, 0.15) is 42.7 Å². The lowest BCUT2D eigenvalue weighted by Crippen LogP contribution is -2.64. The molecule has 0 spiro atoms. The lowest BCUT2D eigenvalue weighted by Gasteiger charge is -2.41. The molecule has 0 aliphatic heterocycles. The lowest BCUT2D eigenvalue weighted by molar-refractivity contribution is -0.220. The Morgan fingerprint density at radius 1 is 0.525 bits per heavy atom. The zero-order valence-electron chi connectivity index (χ0n) is 37.3. The molecule has 59 heavy (non-hydrogen) atoms. The number of rotatable bonds is 41. The van der Waals surface area contributed by atoms with Crippen molar-refractivity contribution in [3.8, 4) is 0 Å². The molecule has 1 rings (SSSR count). The Morgan fingerprint density at radius 3 is 1.34 bits per heavy atom. The second-order valence-electron chi connectivity index (χ2n) is 17.0. The molecular formula is C46H89O12P. The summed E-state index contributed by atoms with van der Waals surface area (Å²) in [6, 6.07) is 0. The molecule has 0 aromatic rings. The van der Waals surface area contributed by atoms with E-state index < -0.39 is 63.1 Å². The predicted octanol–water partition coefficient (Wildman–Crippen LogP) is 9.92. The summed E-state index contributed by atoms with van der Waals surface area (Å²) in [6.07, 6.45) is 28.5. The van der Waals surface area contributed by atoms with E-state index in [1.165, 1.54) is 135 Å². The van der Waals surface area contributed by atoms with Crippen LogP contribution in [0.25, 0.3) is 0 Å². The Hall–Kier alpha value is -0.920. The first kappa shape index (κ1) is 56.1. The third-order valence-corrected chi connectivity index (χ3v) is 12.4. The van der Waals surface area contributed by atoms with Crippen molar-refractivity contribution in [2.75, 3.05) is 19.8 Å². The minimum Gasteiger partial charge on any atom is -0.457 e. The SMILES string of the molecule is CCCCCCCC/C=C\CCCCCCCCOCC(COP(=O)(O)OC1C(O)C(O)C(O)C(O)C1O)OC(=O)CCCCCCCCCCCCCCCCCC. The summed E-state index contributed by atoms with van der Waals surface area (Å²) in [4.78, 5) is 23.2. The molecule has 0 aromatic carbocycles. The first-order chi connectivity index (χ1) is 28.5.